The molecule has 23 heavy (non-hydrogen) atoms. The maximum atomic E-state index is 12.1. The van der Waals surface area contributed by atoms with E-state index in [1.54, 1.807) is 18.2 Å². The molecule has 0 bridgehead atoms. The molecule has 1 aliphatic rings. The van der Waals surface area contributed by atoms with Crippen LogP contribution in [0, 0.1) is 0 Å². The predicted octanol–water partition coefficient (Wildman–Crippen LogP) is 2.65. The zero-order valence-corrected chi connectivity index (χ0v) is 13.0. The molecule has 9 heteroatoms. The minimum atomic E-state index is -4.36. The van der Waals surface area contributed by atoms with Crippen molar-refractivity contribution in [1.29, 1.82) is 0 Å². The number of fused-ring (bicyclic) bond motifs is 2. The van der Waals surface area contributed by atoms with Gasteiger partial charge in [0.05, 0.1) is 23.4 Å². The van der Waals surface area contributed by atoms with Crippen molar-refractivity contribution in [1.82, 2.24) is 0 Å². The van der Waals surface area contributed by atoms with Crippen molar-refractivity contribution in [2.45, 2.75) is 14.7 Å². The van der Waals surface area contributed by atoms with E-state index in [0.717, 1.165) is 4.90 Å². The quantitative estimate of drug-likeness (QED) is 0.621. The second kappa shape index (κ2) is 6.84. The number of para-hydroxylation sites is 1. The molecule has 0 fully saturated rings. The van der Waals surface area contributed by atoms with Gasteiger partial charge in [-0.15, -0.1) is 0 Å². The number of amides is 1. The number of ether oxygens (including phenoxy) is 1. The summed E-state index contributed by atoms with van der Waals surface area (Å²) >= 11 is 1.41. The fourth-order valence-corrected chi connectivity index (χ4v) is 3.72. The van der Waals surface area contributed by atoms with Crippen LogP contribution in [0.2, 0.25) is 0 Å². The molecule has 2 aromatic rings. The Labute approximate surface area is 159 Å². The topological polar surface area (TPSA) is 83.9 Å². The van der Waals surface area contributed by atoms with Crippen molar-refractivity contribution in [2.24, 2.45) is 0 Å². The molecule has 0 aliphatic carbocycles. The average Bonchev–Trinajstić information content (AvgIpc) is 2.50. The van der Waals surface area contributed by atoms with E-state index in [4.69, 9.17) is 4.74 Å². The van der Waals surface area contributed by atoms with E-state index >= 15 is 0 Å². The van der Waals surface area contributed by atoms with Crippen molar-refractivity contribution in [3.63, 3.8) is 0 Å². The molecule has 2 aromatic carbocycles. The zero-order valence-electron chi connectivity index (χ0n) is 11.4. The molecule has 1 aliphatic heterocycles. The third-order valence-electron chi connectivity index (χ3n) is 3.15. The van der Waals surface area contributed by atoms with Crippen LogP contribution in [0.15, 0.2) is 57.2 Å². The standard InChI is InChI=1S/C14H11NO5S2.Na.H/c1-20-14(16)15-10-4-2-3-5-12(10)21-13-7-6-9(8-11(13)15)22(17,18)19;;/h2-8H,1H3,(H,17,18,19);;. The number of hydrogen-bond acceptors (Lipinski definition) is 5. The summed E-state index contributed by atoms with van der Waals surface area (Å²) < 4.78 is 36.6. The third-order valence-corrected chi connectivity index (χ3v) is 5.13. The van der Waals surface area contributed by atoms with Gasteiger partial charge in [-0.25, -0.2) is 9.69 Å². The Kier molecular flexibility index (Phi) is 5.44. The summed E-state index contributed by atoms with van der Waals surface area (Å²) in [6.45, 7) is 0. The number of benzene rings is 2. The van der Waals surface area contributed by atoms with E-state index in [1.807, 2.05) is 12.1 Å². The Morgan fingerprint density at radius 3 is 2.43 bits per heavy atom. The summed E-state index contributed by atoms with van der Waals surface area (Å²) in [6, 6.07) is 11.3. The normalized spacial score (nSPS) is 12.7. The Hall–Kier alpha value is -1.03. The van der Waals surface area contributed by atoms with Crippen LogP contribution in [0.3, 0.4) is 0 Å². The van der Waals surface area contributed by atoms with Gasteiger partial charge in [0.25, 0.3) is 10.1 Å². The molecule has 0 radical (unpaired) electrons. The van der Waals surface area contributed by atoms with Gasteiger partial charge in [-0.05, 0) is 30.3 Å². The first-order valence-corrected chi connectivity index (χ1v) is 8.44. The second-order valence-electron chi connectivity index (χ2n) is 4.48. The number of nitrogens with zero attached hydrogens (tertiary/aromatic N) is 1. The minimum absolute atomic E-state index is 0. The molecule has 0 atom stereocenters. The van der Waals surface area contributed by atoms with Gasteiger partial charge in [0.1, 0.15) is 0 Å². The molecule has 3 rings (SSSR count). The van der Waals surface area contributed by atoms with Crippen LogP contribution in [0.25, 0.3) is 0 Å². The van der Waals surface area contributed by atoms with Crippen LogP contribution in [0.5, 0.6) is 0 Å². The fourth-order valence-electron chi connectivity index (χ4n) is 2.18. The summed E-state index contributed by atoms with van der Waals surface area (Å²) in [5.41, 5.74) is 0.949. The van der Waals surface area contributed by atoms with Crippen LogP contribution in [0.1, 0.15) is 0 Å². The summed E-state index contributed by atoms with van der Waals surface area (Å²) in [4.78, 5) is 14.7. The van der Waals surface area contributed by atoms with E-state index in [1.165, 1.54) is 35.9 Å². The fraction of sp³-hybridized carbons (Fsp3) is 0.0714. The Balaban J connectivity index is 0.00000192. The summed E-state index contributed by atoms with van der Waals surface area (Å²) in [7, 11) is -3.11. The van der Waals surface area contributed by atoms with Gasteiger partial charge < -0.3 is 4.74 Å². The van der Waals surface area contributed by atoms with E-state index in [0.29, 0.717) is 16.3 Å². The first-order chi connectivity index (χ1) is 10.4. The summed E-state index contributed by atoms with van der Waals surface area (Å²) in [5, 5.41) is 0. The molecule has 1 heterocycles. The molecule has 0 saturated carbocycles. The van der Waals surface area contributed by atoms with Crippen molar-refractivity contribution < 1.29 is 22.5 Å². The molecule has 0 spiro atoms. The Morgan fingerprint density at radius 1 is 1.13 bits per heavy atom. The van der Waals surface area contributed by atoms with Crippen LogP contribution in [0.4, 0.5) is 16.2 Å². The van der Waals surface area contributed by atoms with Gasteiger partial charge in [-0.1, -0.05) is 23.9 Å². The average molecular weight is 361 g/mol. The SMILES string of the molecule is COC(=O)N1c2ccccc2Sc2ccc(S(=O)(=O)O)cc21.[NaH]. The predicted molar refractivity (Wildman–Crippen MR) is 88.5 cm³/mol. The number of anilines is 2. The number of methoxy groups -OCH3 is 1. The molecule has 0 aromatic heterocycles. The van der Waals surface area contributed by atoms with Gasteiger partial charge in [0.2, 0.25) is 0 Å². The summed E-state index contributed by atoms with van der Waals surface area (Å²) in [5.74, 6) is 0. The molecular weight excluding hydrogens is 349 g/mol. The van der Waals surface area contributed by atoms with Crippen molar-refractivity contribution >= 4 is 68.9 Å². The van der Waals surface area contributed by atoms with Gasteiger partial charge in [-0.2, -0.15) is 8.42 Å². The molecule has 1 N–H and O–H groups in total. The Morgan fingerprint density at radius 2 is 1.78 bits per heavy atom. The van der Waals surface area contributed by atoms with Crippen molar-refractivity contribution in [3.8, 4) is 0 Å². The molecule has 1 amide bonds. The molecule has 0 saturated heterocycles. The first-order valence-electron chi connectivity index (χ1n) is 6.18. The van der Waals surface area contributed by atoms with Crippen molar-refractivity contribution in [3.05, 3.63) is 42.5 Å². The van der Waals surface area contributed by atoms with Crippen LogP contribution >= 0.6 is 11.8 Å². The Bertz CT molecular complexity index is 869. The van der Waals surface area contributed by atoms with E-state index in [-0.39, 0.29) is 34.5 Å². The zero-order chi connectivity index (χ0) is 15.9. The second-order valence-corrected chi connectivity index (χ2v) is 6.99. The number of carbonyl (C=O) groups excluding carboxylic acids is 1. The number of rotatable bonds is 1. The van der Waals surface area contributed by atoms with Crippen LogP contribution < -0.4 is 4.90 Å². The van der Waals surface area contributed by atoms with Crippen LogP contribution in [-0.2, 0) is 14.9 Å². The van der Waals surface area contributed by atoms with Gasteiger partial charge in [-0.3, -0.25) is 4.55 Å². The van der Waals surface area contributed by atoms with E-state index in [9.17, 15) is 17.8 Å². The number of carbonyl (C=O) groups is 1. The monoisotopic (exact) mass is 361 g/mol. The van der Waals surface area contributed by atoms with Gasteiger partial charge in [0, 0.05) is 9.79 Å². The van der Waals surface area contributed by atoms with E-state index in [2.05, 4.69) is 0 Å². The maximum absolute atomic E-state index is 12.1. The summed E-state index contributed by atoms with van der Waals surface area (Å²) in [6.07, 6.45) is -0.638. The number of hydrogen-bond donors (Lipinski definition) is 1. The van der Waals surface area contributed by atoms with Crippen LogP contribution in [-0.4, -0.2) is 55.7 Å². The van der Waals surface area contributed by atoms with Crippen molar-refractivity contribution in [2.75, 3.05) is 12.0 Å². The first kappa shape index (κ1) is 18.3. The molecule has 6 nitrogen and oxygen atoms in total. The molecule has 116 valence electrons. The molecular formula is C14H12NNaO5S2. The van der Waals surface area contributed by atoms with Gasteiger partial charge >= 0.3 is 35.7 Å². The third kappa shape index (κ3) is 3.42. The van der Waals surface area contributed by atoms with Gasteiger partial charge in [0.15, 0.2) is 0 Å². The van der Waals surface area contributed by atoms with E-state index < -0.39 is 16.2 Å². The molecule has 0 unspecified atom stereocenters.